The molecule has 1 aromatic rings. The summed E-state index contributed by atoms with van der Waals surface area (Å²) < 4.78 is 0. The maximum atomic E-state index is 11.9. The molecular weight excluding hydrogens is 287 g/mol. The average Bonchev–Trinajstić information content (AvgIpc) is 2.28. The molecule has 16 heavy (non-hydrogen) atoms. The summed E-state index contributed by atoms with van der Waals surface area (Å²) in [6.07, 6.45) is 3.74. The molecule has 0 atom stereocenters. The van der Waals surface area contributed by atoms with Crippen molar-refractivity contribution in [2.45, 2.75) is 32.6 Å². The number of carbonyl (C=O) groups excluding carboxylic acids is 1. The summed E-state index contributed by atoms with van der Waals surface area (Å²) in [5.41, 5.74) is 1.63. The Morgan fingerprint density at radius 2 is 2.06 bits per heavy atom. The lowest BCUT2D eigenvalue weighted by Crippen LogP contribution is -2.00. The number of ketones is 1. The van der Waals surface area contributed by atoms with Crippen LogP contribution in [0.2, 0.25) is 5.02 Å². The van der Waals surface area contributed by atoms with E-state index in [-0.39, 0.29) is 5.78 Å². The highest BCUT2D eigenvalue weighted by Gasteiger charge is 2.10. The molecule has 1 rings (SSSR count). The molecule has 0 aromatic heterocycles. The molecule has 88 valence electrons. The van der Waals surface area contributed by atoms with Gasteiger partial charge in [-0.3, -0.25) is 4.79 Å². The van der Waals surface area contributed by atoms with Crippen molar-refractivity contribution in [3.8, 4) is 0 Å². The van der Waals surface area contributed by atoms with E-state index in [0.717, 1.165) is 30.2 Å². The Morgan fingerprint density at radius 3 is 2.75 bits per heavy atom. The summed E-state index contributed by atoms with van der Waals surface area (Å²) in [4.78, 5) is 11.9. The van der Waals surface area contributed by atoms with Gasteiger partial charge in [-0.15, -0.1) is 0 Å². The van der Waals surface area contributed by atoms with E-state index in [0.29, 0.717) is 17.0 Å². The van der Waals surface area contributed by atoms with Gasteiger partial charge >= 0.3 is 0 Å². The second-order valence-electron chi connectivity index (χ2n) is 3.86. The van der Waals surface area contributed by atoms with E-state index >= 15 is 0 Å². The highest BCUT2D eigenvalue weighted by molar-refractivity contribution is 9.09. The van der Waals surface area contributed by atoms with E-state index in [1.54, 1.807) is 0 Å². The molecule has 0 amide bonds. The van der Waals surface area contributed by atoms with Crippen molar-refractivity contribution < 1.29 is 4.79 Å². The predicted molar refractivity (Wildman–Crippen MR) is 72.8 cm³/mol. The van der Waals surface area contributed by atoms with Crippen molar-refractivity contribution in [1.82, 2.24) is 0 Å². The number of carbonyl (C=O) groups is 1. The lowest BCUT2D eigenvalue weighted by molar-refractivity contribution is 0.0979. The van der Waals surface area contributed by atoms with Crippen molar-refractivity contribution in [3.05, 3.63) is 34.3 Å². The van der Waals surface area contributed by atoms with E-state index < -0.39 is 0 Å². The van der Waals surface area contributed by atoms with Gasteiger partial charge in [0.25, 0.3) is 0 Å². The Labute approximate surface area is 110 Å². The summed E-state index contributed by atoms with van der Waals surface area (Å²) in [7, 11) is 0. The number of unbranched alkanes of at least 4 members (excludes halogenated alkanes) is 2. The third kappa shape index (κ3) is 3.91. The first-order valence-corrected chi connectivity index (χ1v) is 7.01. The highest BCUT2D eigenvalue weighted by atomic mass is 79.9. The summed E-state index contributed by atoms with van der Waals surface area (Å²) >= 11 is 9.48. The molecule has 0 aliphatic rings. The first-order chi connectivity index (χ1) is 7.66. The van der Waals surface area contributed by atoms with Crippen LogP contribution in [0.25, 0.3) is 0 Å². The van der Waals surface area contributed by atoms with E-state index in [1.807, 2.05) is 25.1 Å². The summed E-state index contributed by atoms with van der Waals surface area (Å²) in [6.45, 7) is 1.92. The maximum absolute atomic E-state index is 11.9. The van der Waals surface area contributed by atoms with E-state index in [9.17, 15) is 4.79 Å². The van der Waals surface area contributed by atoms with Gasteiger partial charge in [-0.1, -0.05) is 46.1 Å². The molecule has 3 heteroatoms. The molecule has 0 bridgehead atoms. The Morgan fingerprint density at radius 1 is 1.31 bits per heavy atom. The van der Waals surface area contributed by atoms with E-state index in [1.165, 1.54) is 0 Å². The van der Waals surface area contributed by atoms with Crippen molar-refractivity contribution in [2.75, 3.05) is 5.33 Å². The number of halogens is 2. The Balaban J connectivity index is 2.56. The first-order valence-electron chi connectivity index (χ1n) is 5.51. The van der Waals surface area contributed by atoms with Gasteiger partial charge in [-0.2, -0.15) is 0 Å². The number of rotatable bonds is 6. The van der Waals surface area contributed by atoms with Crippen LogP contribution in [0.3, 0.4) is 0 Å². The number of alkyl halides is 1. The fourth-order valence-electron chi connectivity index (χ4n) is 1.55. The van der Waals surface area contributed by atoms with Crippen LogP contribution >= 0.6 is 27.5 Å². The number of hydrogen-bond donors (Lipinski definition) is 0. The molecule has 0 fully saturated rings. The van der Waals surface area contributed by atoms with Gasteiger partial charge in [-0.05, 0) is 31.4 Å². The van der Waals surface area contributed by atoms with Crippen LogP contribution in [0.15, 0.2) is 18.2 Å². The van der Waals surface area contributed by atoms with Crippen LogP contribution in [-0.2, 0) is 0 Å². The van der Waals surface area contributed by atoms with Crippen LogP contribution in [0.5, 0.6) is 0 Å². The third-order valence-corrected chi connectivity index (χ3v) is 3.59. The topological polar surface area (TPSA) is 17.1 Å². The molecule has 1 aromatic carbocycles. The lowest BCUT2D eigenvalue weighted by Gasteiger charge is -2.05. The molecule has 0 saturated heterocycles. The van der Waals surface area contributed by atoms with Crippen LogP contribution in [-0.4, -0.2) is 11.1 Å². The van der Waals surface area contributed by atoms with Crippen molar-refractivity contribution in [2.24, 2.45) is 0 Å². The molecule has 0 saturated carbocycles. The Hall–Kier alpha value is -0.340. The third-order valence-electron chi connectivity index (χ3n) is 2.53. The molecule has 1 nitrogen and oxygen atoms in total. The van der Waals surface area contributed by atoms with Crippen molar-refractivity contribution in [3.63, 3.8) is 0 Å². The van der Waals surface area contributed by atoms with Crippen LogP contribution in [0.1, 0.15) is 41.6 Å². The number of hydrogen-bond acceptors (Lipinski definition) is 1. The van der Waals surface area contributed by atoms with Crippen molar-refractivity contribution >= 4 is 33.3 Å². The number of benzene rings is 1. The SMILES string of the molecule is Cc1cccc(C(=O)CCCCCBr)c1Cl. The molecule has 0 aliphatic heterocycles. The number of Topliss-reactive ketones (excluding diaryl/α,β-unsaturated/α-hetero) is 1. The van der Waals surface area contributed by atoms with Gasteiger partial charge in [0.05, 0.1) is 5.02 Å². The molecule has 0 N–H and O–H groups in total. The van der Waals surface area contributed by atoms with Crippen LogP contribution in [0.4, 0.5) is 0 Å². The highest BCUT2D eigenvalue weighted by Crippen LogP contribution is 2.22. The molecule has 0 aliphatic carbocycles. The first kappa shape index (κ1) is 13.7. The Kier molecular flexibility index (Phi) is 6.07. The average molecular weight is 304 g/mol. The fraction of sp³-hybridized carbons (Fsp3) is 0.462. The summed E-state index contributed by atoms with van der Waals surface area (Å²) in [6, 6.07) is 5.61. The number of aryl methyl sites for hydroxylation is 1. The van der Waals surface area contributed by atoms with Gasteiger partial charge in [0.1, 0.15) is 0 Å². The molecule has 0 radical (unpaired) electrons. The smallest absolute Gasteiger partial charge is 0.164 e. The zero-order chi connectivity index (χ0) is 12.0. The minimum Gasteiger partial charge on any atom is -0.294 e. The van der Waals surface area contributed by atoms with Crippen molar-refractivity contribution in [1.29, 1.82) is 0 Å². The van der Waals surface area contributed by atoms with Gasteiger partial charge in [-0.25, -0.2) is 0 Å². The summed E-state index contributed by atoms with van der Waals surface area (Å²) in [5, 5.41) is 1.61. The van der Waals surface area contributed by atoms with Gasteiger partial charge in [0.15, 0.2) is 5.78 Å². The van der Waals surface area contributed by atoms with Gasteiger partial charge in [0, 0.05) is 17.3 Å². The second-order valence-corrected chi connectivity index (χ2v) is 5.03. The van der Waals surface area contributed by atoms with E-state index in [2.05, 4.69) is 15.9 Å². The van der Waals surface area contributed by atoms with Gasteiger partial charge in [0.2, 0.25) is 0 Å². The fourth-order valence-corrected chi connectivity index (χ4v) is 2.18. The molecular formula is C13H16BrClO. The zero-order valence-electron chi connectivity index (χ0n) is 9.43. The zero-order valence-corrected chi connectivity index (χ0v) is 11.8. The van der Waals surface area contributed by atoms with E-state index in [4.69, 9.17) is 11.6 Å². The standard InChI is InChI=1S/C13H16BrClO/c1-10-6-5-7-11(13(10)15)12(16)8-3-2-4-9-14/h5-7H,2-4,8-9H2,1H3. The maximum Gasteiger partial charge on any atom is 0.164 e. The lowest BCUT2D eigenvalue weighted by atomic mass is 10.0. The van der Waals surface area contributed by atoms with Crippen LogP contribution in [0, 0.1) is 6.92 Å². The minimum absolute atomic E-state index is 0.156. The predicted octanol–water partition coefficient (Wildman–Crippen LogP) is 4.79. The summed E-state index contributed by atoms with van der Waals surface area (Å²) in [5.74, 6) is 0.156. The minimum atomic E-state index is 0.156. The Bertz CT molecular complexity index is 363. The largest absolute Gasteiger partial charge is 0.294 e. The molecule has 0 spiro atoms. The normalized spacial score (nSPS) is 10.4. The van der Waals surface area contributed by atoms with Crippen LogP contribution < -0.4 is 0 Å². The second kappa shape index (κ2) is 7.08. The molecule has 0 heterocycles. The molecule has 0 unspecified atom stereocenters. The monoisotopic (exact) mass is 302 g/mol. The quantitative estimate of drug-likeness (QED) is 0.420. The van der Waals surface area contributed by atoms with Gasteiger partial charge < -0.3 is 0 Å².